The number of ketones is 2. The van der Waals surface area contributed by atoms with Crippen LogP contribution < -0.4 is 20.8 Å². The number of phenols is 1. The fourth-order valence-corrected chi connectivity index (χ4v) is 9.29. The van der Waals surface area contributed by atoms with Crippen LogP contribution in [0.3, 0.4) is 0 Å². The first-order valence-electron chi connectivity index (χ1n) is 18.7. The molecule has 19 heteroatoms. The summed E-state index contributed by atoms with van der Waals surface area (Å²) in [5, 5.41) is 75.8. The van der Waals surface area contributed by atoms with Crippen molar-refractivity contribution in [1.29, 1.82) is 0 Å². The number of aromatic carboxylic acids is 1. The highest BCUT2D eigenvalue weighted by Gasteiger charge is 2.69. The van der Waals surface area contributed by atoms with Gasteiger partial charge in [0.25, 0.3) is 5.91 Å². The highest BCUT2D eigenvalue weighted by atomic mass is 19.1. The minimum atomic E-state index is -3.02. The third-order valence-corrected chi connectivity index (χ3v) is 12.2. The summed E-state index contributed by atoms with van der Waals surface area (Å²) in [5.74, 6) is -11.2. The summed E-state index contributed by atoms with van der Waals surface area (Å²) in [5.41, 5.74) is -2.10. The second kappa shape index (κ2) is 14.2. The summed E-state index contributed by atoms with van der Waals surface area (Å²) in [6, 6.07) is 3.53. The summed E-state index contributed by atoms with van der Waals surface area (Å²) >= 11 is 0. The predicted molar refractivity (Wildman–Crippen MR) is 206 cm³/mol. The van der Waals surface area contributed by atoms with E-state index < -0.39 is 98.3 Å². The van der Waals surface area contributed by atoms with Crippen LogP contribution in [0.4, 0.5) is 10.1 Å². The molecule has 0 saturated carbocycles. The molecule has 8 rings (SSSR count). The Kier molecular flexibility index (Phi) is 9.91. The lowest BCUT2D eigenvalue weighted by Gasteiger charge is -2.55. The van der Waals surface area contributed by atoms with E-state index in [2.05, 4.69) is 4.90 Å². The number of fused-ring (bicyclic) bond motifs is 3. The molecule has 3 heterocycles. The van der Waals surface area contributed by atoms with Crippen LogP contribution in [-0.2, 0) is 15.2 Å². The van der Waals surface area contributed by atoms with Gasteiger partial charge in [-0.25, -0.2) is 9.18 Å². The van der Waals surface area contributed by atoms with E-state index in [9.17, 15) is 64.1 Å². The van der Waals surface area contributed by atoms with Gasteiger partial charge >= 0.3 is 5.97 Å². The van der Waals surface area contributed by atoms with Crippen LogP contribution in [0.1, 0.15) is 46.2 Å². The van der Waals surface area contributed by atoms with Gasteiger partial charge in [-0.2, -0.15) is 0 Å². The number of nitrogens with zero attached hydrogens (tertiary/aromatic N) is 4. The van der Waals surface area contributed by atoms with Crippen LogP contribution in [0, 0.1) is 17.7 Å². The number of Topliss-reactive ketones (excluding diaryl/α,β-unsaturated/α-hetero) is 2. The van der Waals surface area contributed by atoms with E-state index in [4.69, 9.17) is 10.5 Å². The maximum Gasteiger partial charge on any atom is 0.341 e. The van der Waals surface area contributed by atoms with Gasteiger partial charge in [-0.1, -0.05) is 12.1 Å². The molecule has 0 bridgehead atoms. The zero-order chi connectivity index (χ0) is 43.4. The second-order valence-corrected chi connectivity index (χ2v) is 16.0. The molecule has 1 amide bonds. The predicted octanol–water partition coefficient (Wildman–Crippen LogP) is 0.300. The van der Waals surface area contributed by atoms with Crippen LogP contribution in [-0.4, -0.2) is 145 Å². The molecule has 0 radical (unpaired) electrons. The number of likely N-dealkylation sites (N-methyl/N-ethyl adjacent to an activating group) is 2. The van der Waals surface area contributed by atoms with Gasteiger partial charge < -0.3 is 60.6 Å². The molecule has 7 atom stereocenters. The van der Waals surface area contributed by atoms with Crippen molar-refractivity contribution < 1.29 is 64.1 Å². The molecule has 9 N–H and O–H groups in total. The number of amides is 1. The van der Waals surface area contributed by atoms with Crippen LogP contribution in [0.2, 0.25) is 0 Å². The summed E-state index contributed by atoms with van der Waals surface area (Å²) in [6.45, 7) is 6.33. The van der Waals surface area contributed by atoms with Crippen LogP contribution in [0.5, 0.6) is 11.5 Å². The third kappa shape index (κ3) is 5.89. The SMILES string of the molecule is CC1COc2c(N3CCN(C)CC3)c(F)cc3c(=O)c(C(=O)O)cn1c23.CN(C)[C@@H]1C(O)=C(C(N)=O)C(=O)[C@@]2(O)C(O)=C3C(=O)c4c(O)cccc4[C@@](C)(O)[C@H]3[C@H](O)[C@@H]12. The molecule has 314 valence electrons. The van der Waals surface area contributed by atoms with E-state index in [1.807, 2.05) is 18.9 Å². The Hall–Kier alpha value is -5.86. The van der Waals surface area contributed by atoms with Crippen molar-refractivity contribution in [3.05, 3.63) is 85.9 Å². The van der Waals surface area contributed by atoms with E-state index in [1.165, 1.54) is 50.3 Å². The van der Waals surface area contributed by atoms with Crippen molar-refractivity contribution in [2.75, 3.05) is 58.8 Å². The molecular weight excluding hydrogens is 777 g/mol. The molecule has 0 spiro atoms. The molecule has 18 nitrogen and oxygen atoms in total. The average molecular weight is 822 g/mol. The molecule has 3 aliphatic carbocycles. The van der Waals surface area contributed by atoms with Crippen LogP contribution in [0.15, 0.2) is 57.9 Å². The number of carbonyl (C=O) groups is 4. The number of aromatic hydroxyl groups is 1. The van der Waals surface area contributed by atoms with Gasteiger partial charge in [-0.15, -0.1) is 0 Å². The number of carbonyl (C=O) groups excluding carboxylic acids is 3. The fourth-order valence-electron chi connectivity index (χ4n) is 9.29. The van der Waals surface area contributed by atoms with Gasteiger partial charge in [0.1, 0.15) is 40.7 Å². The average Bonchev–Trinajstić information content (AvgIpc) is 3.15. The lowest BCUT2D eigenvalue weighted by atomic mass is 9.54. The number of pyridine rings is 1. The molecule has 1 fully saturated rings. The molecule has 5 aliphatic rings. The van der Waals surface area contributed by atoms with Crippen molar-refractivity contribution in [2.24, 2.45) is 17.6 Å². The summed E-state index contributed by atoms with van der Waals surface area (Å²) < 4.78 is 22.6. The molecule has 2 aliphatic heterocycles. The van der Waals surface area contributed by atoms with Crippen molar-refractivity contribution in [3.8, 4) is 11.5 Å². The first-order valence-corrected chi connectivity index (χ1v) is 18.7. The van der Waals surface area contributed by atoms with E-state index in [0.717, 1.165) is 19.2 Å². The van der Waals surface area contributed by atoms with Gasteiger partial charge in [-0.05, 0) is 52.7 Å². The Labute approximate surface area is 335 Å². The highest BCUT2D eigenvalue weighted by molar-refractivity contribution is 6.25. The maximum atomic E-state index is 15.0. The fraction of sp³-hybridized carbons (Fsp3) is 0.425. The number of rotatable bonds is 4. The first kappa shape index (κ1) is 41.3. The third-order valence-electron chi connectivity index (χ3n) is 12.2. The number of hydrogen-bond donors (Lipinski definition) is 8. The second-order valence-electron chi connectivity index (χ2n) is 16.0. The number of nitrogens with two attached hydrogens (primary N) is 1. The van der Waals surface area contributed by atoms with Gasteiger partial charge in [0.05, 0.1) is 57.7 Å². The van der Waals surface area contributed by atoms with E-state index in [-0.39, 0.29) is 34.7 Å². The lowest BCUT2D eigenvalue weighted by molar-refractivity contribution is -0.173. The van der Waals surface area contributed by atoms with Crippen molar-refractivity contribution in [2.45, 2.75) is 43.2 Å². The largest absolute Gasteiger partial charge is 0.510 e. The number of benzene rings is 2. The Morgan fingerprint density at radius 3 is 2.29 bits per heavy atom. The molecule has 1 unspecified atom stereocenters. The van der Waals surface area contributed by atoms with Crippen LogP contribution >= 0.6 is 0 Å². The summed E-state index contributed by atoms with van der Waals surface area (Å²) in [6.07, 6.45) is -0.529. The Balaban J connectivity index is 0.000000184. The topological polar surface area (TPSA) is 277 Å². The number of halogens is 1. The first-order chi connectivity index (χ1) is 27.6. The maximum absolute atomic E-state index is 15.0. The van der Waals surface area contributed by atoms with Gasteiger partial charge in [0.2, 0.25) is 11.2 Å². The molecule has 2 aromatic carbocycles. The number of hydrogen-bond acceptors (Lipinski definition) is 15. The normalized spacial score (nSPS) is 29.1. The Bertz CT molecular complexity index is 2490. The number of aliphatic hydroxyl groups is 5. The Morgan fingerprint density at radius 1 is 1.05 bits per heavy atom. The number of carboxylic acids is 1. The van der Waals surface area contributed by atoms with Crippen molar-refractivity contribution in [1.82, 2.24) is 14.4 Å². The number of carboxylic acid groups (broad SMARTS) is 1. The summed E-state index contributed by atoms with van der Waals surface area (Å²) in [7, 11) is 4.87. The molecule has 1 aromatic heterocycles. The standard InChI is InChI=1S/C22H24N2O9.C18H20FN3O4/c1-21(32)7-5-4-6-8(25)9(7)15(26)10-12(21)17(28)13-14(24(2)3)16(27)11(20(23)31)19(30)22(13,33)18(10)29;1-10-9-26-17-14-11(16(23)12(18(24)25)8-22(10)14)7-13(19)15(17)21-5-3-20(2)4-6-21/h4-6,12-14,17,25,27-29,32-33H,1-3H3,(H2,23,31);7-8,10H,3-6,9H2,1-2H3,(H,24,25)/t12-,13-,14+,17+,21-,22+;/m1./s1. The van der Waals surface area contributed by atoms with E-state index in [0.29, 0.717) is 30.0 Å². The zero-order valence-electron chi connectivity index (χ0n) is 32.6. The van der Waals surface area contributed by atoms with Crippen molar-refractivity contribution >= 4 is 40.0 Å². The van der Waals surface area contributed by atoms with Gasteiger partial charge in [0.15, 0.2) is 23.0 Å². The van der Waals surface area contributed by atoms with Crippen molar-refractivity contribution in [3.63, 3.8) is 0 Å². The molecule has 59 heavy (non-hydrogen) atoms. The summed E-state index contributed by atoms with van der Waals surface area (Å²) in [4.78, 5) is 67.9. The number of aliphatic hydroxyl groups excluding tert-OH is 3. The number of piperazine rings is 1. The molecular formula is C40H44FN5O13. The quantitative estimate of drug-likeness (QED) is 0.164. The number of aromatic nitrogens is 1. The number of anilines is 1. The van der Waals surface area contributed by atoms with Gasteiger partial charge in [0, 0.05) is 32.4 Å². The minimum absolute atomic E-state index is 0.0281. The number of ether oxygens (including phenoxy) is 1. The van der Waals surface area contributed by atoms with E-state index >= 15 is 0 Å². The molecule has 3 aromatic rings. The number of primary amides is 1. The lowest BCUT2D eigenvalue weighted by Crippen LogP contribution is -2.70. The van der Waals surface area contributed by atoms with Gasteiger partial charge in [-0.3, -0.25) is 24.1 Å². The zero-order valence-corrected chi connectivity index (χ0v) is 32.6. The van der Waals surface area contributed by atoms with Crippen LogP contribution in [0.25, 0.3) is 10.9 Å². The van der Waals surface area contributed by atoms with E-state index in [1.54, 1.807) is 4.57 Å². The highest BCUT2D eigenvalue weighted by Crippen LogP contribution is 2.56. The smallest absolute Gasteiger partial charge is 0.341 e. The number of phenolic OH excluding ortho intramolecular Hbond substituents is 1. The Morgan fingerprint density at radius 2 is 1.69 bits per heavy atom. The molecule has 1 saturated heterocycles. The minimum Gasteiger partial charge on any atom is -0.510 e. The monoisotopic (exact) mass is 821 g/mol.